The Morgan fingerprint density at radius 1 is 1.21 bits per heavy atom. The maximum absolute atomic E-state index is 12.2. The van der Waals surface area contributed by atoms with Crippen molar-refractivity contribution in [3.63, 3.8) is 0 Å². The van der Waals surface area contributed by atoms with Crippen molar-refractivity contribution in [2.24, 2.45) is 5.92 Å². The molecule has 1 saturated heterocycles. The zero-order chi connectivity index (χ0) is 16.9. The Morgan fingerprint density at radius 3 is 2.71 bits per heavy atom. The van der Waals surface area contributed by atoms with Crippen molar-refractivity contribution < 1.29 is 9.90 Å². The number of hydrogen-bond acceptors (Lipinski definition) is 3. The van der Waals surface area contributed by atoms with Crippen LogP contribution >= 0.6 is 0 Å². The molecule has 0 aromatic heterocycles. The van der Waals surface area contributed by atoms with Gasteiger partial charge in [0.2, 0.25) is 5.91 Å². The Labute approximate surface area is 145 Å². The number of aliphatic hydroxyl groups is 1. The molecule has 1 saturated carbocycles. The summed E-state index contributed by atoms with van der Waals surface area (Å²) in [5.74, 6) is 0.907. The fourth-order valence-corrected chi connectivity index (χ4v) is 4.15. The number of aliphatic hydroxyl groups excluding tert-OH is 1. The van der Waals surface area contributed by atoms with Crippen LogP contribution in [-0.4, -0.2) is 48.2 Å². The van der Waals surface area contributed by atoms with Crippen molar-refractivity contribution in [2.45, 2.75) is 51.0 Å². The topological polar surface area (TPSA) is 52.6 Å². The highest BCUT2D eigenvalue weighted by atomic mass is 16.3. The number of nitrogens with one attached hydrogen (secondary N) is 1. The lowest BCUT2D eigenvalue weighted by Gasteiger charge is -2.25. The summed E-state index contributed by atoms with van der Waals surface area (Å²) < 4.78 is 0. The van der Waals surface area contributed by atoms with Gasteiger partial charge in [0.25, 0.3) is 0 Å². The van der Waals surface area contributed by atoms with Gasteiger partial charge in [0.15, 0.2) is 0 Å². The summed E-state index contributed by atoms with van der Waals surface area (Å²) >= 11 is 0. The van der Waals surface area contributed by atoms with E-state index in [2.05, 4.69) is 41.4 Å². The van der Waals surface area contributed by atoms with Crippen molar-refractivity contribution in [3.05, 3.63) is 35.4 Å². The van der Waals surface area contributed by atoms with Crippen LogP contribution < -0.4 is 5.32 Å². The molecule has 1 aliphatic heterocycles. The minimum atomic E-state index is -0.197. The number of carbonyl (C=O) groups is 1. The number of amides is 1. The first kappa shape index (κ1) is 17.4. The summed E-state index contributed by atoms with van der Waals surface area (Å²) in [6.45, 7) is 6.07. The quantitative estimate of drug-likeness (QED) is 0.872. The first-order valence-electron chi connectivity index (χ1n) is 9.37. The van der Waals surface area contributed by atoms with Gasteiger partial charge < -0.3 is 15.3 Å². The van der Waals surface area contributed by atoms with E-state index in [4.69, 9.17) is 0 Å². The SMILES string of the molecule is Cc1ccccc1C1CCN(CCNC(=O)C2CCC(O)CC2)C1. The molecule has 2 fully saturated rings. The van der Waals surface area contributed by atoms with E-state index in [1.54, 1.807) is 0 Å². The molecule has 132 valence electrons. The minimum Gasteiger partial charge on any atom is -0.393 e. The molecule has 1 aromatic carbocycles. The maximum Gasteiger partial charge on any atom is 0.223 e. The highest BCUT2D eigenvalue weighted by Gasteiger charge is 2.26. The zero-order valence-corrected chi connectivity index (χ0v) is 14.7. The van der Waals surface area contributed by atoms with Crippen LogP contribution in [0.1, 0.15) is 49.1 Å². The van der Waals surface area contributed by atoms with Gasteiger partial charge in [-0.05, 0) is 62.6 Å². The molecule has 2 aliphatic rings. The second-order valence-electron chi connectivity index (χ2n) is 7.44. The normalized spacial score (nSPS) is 28.0. The smallest absolute Gasteiger partial charge is 0.223 e. The fraction of sp³-hybridized carbons (Fsp3) is 0.650. The monoisotopic (exact) mass is 330 g/mol. The molecular formula is C20H30N2O2. The second kappa shape index (κ2) is 8.13. The number of hydrogen-bond donors (Lipinski definition) is 2. The first-order chi connectivity index (χ1) is 11.6. The molecular weight excluding hydrogens is 300 g/mol. The van der Waals surface area contributed by atoms with Gasteiger partial charge in [0.1, 0.15) is 0 Å². The van der Waals surface area contributed by atoms with Crippen LogP contribution in [0.2, 0.25) is 0 Å². The number of aryl methyl sites for hydroxylation is 1. The first-order valence-corrected chi connectivity index (χ1v) is 9.37. The van der Waals surface area contributed by atoms with Crippen LogP contribution in [0, 0.1) is 12.8 Å². The molecule has 1 aromatic rings. The number of nitrogens with zero attached hydrogens (tertiary/aromatic N) is 1. The van der Waals surface area contributed by atoms with E-state index in [0.29, 0.717) is 5.92 Å². The van der Waals surface area contributed by atoms with Gasteiger partial charge in [0.05, 0.1) is 6.10 Å². The summed E-state index contributed by atoms with van der Waals surface area (Å²) in [4.78, 5) is 14.7. The van der Waals surface area contributed by atoms with Crippen LogP contribution in [-0.2, 0) is 4.79 Å². The molecule has 1 unspecified atom stereocenters. The molecule has 0 radical (unpaired) electrons. The third kappa shape index (κ3) is 4.37. The van der Waals surface area contributed by atoms with Gasteiger partial charge in [-0.3, -0.25) is 4.79 Å². The van der Waals surface area contributed by atoms with Crippen LogP contribution in [0.4, 0.5) is 0 Å². The number of likely N-dealkylation sites (tertiary alicyclic amines) is 1. The van der Waals surface area contributed by atoms with Gasteiger partial charge >= 0.3 is 0 Å². The van der Waals surface area contributed by atoms with E-state index in [1.165, 1.54) is 17.5 Å². The van der Waals surface area contributed by atoms with E-state index in [-0.39, 0.29) is 17.9 Å². The van der Waals surface area contributed by atoms with Gasteiger partial charge in [-0.25, -0.2) is 0 Å². The van der Waals surface area contributed by atoms with E-state index in [0.717, 1.165) is 51.9 Å². The second-order valence-corrected chi connectivity index (χ2v) is 7.44. The molecule has 0 bridgehead atoms. The molecule has 1 aliphatic carbocycles. The van der Waals surface area contributed by atoms with Crippen LogP contribution in [0.3, 0.4) is 0 Å². The van der Waals surface area contributed by atoms with Crippen molar-refractivity contribution in [2.75, 3.05) is 26.2 Å². The number of carbonyl (C=O) groups excluding carboxylic acids is 1. The van der Waals surface area contributed by atoms with E-state index >= 15 is 0 Å². The predicted molar refractivity (Wildman–Crippen MR) is 96.0 cm³/mol. The van der Waals surface area contributed by atoms with Crippen molar-refractivity contribution >= 4 is 5.91 Å². The Morgan fingerprint density at radius 2 is 1.96 bits per heavy atom. The summed E-state index contributed by atoms with van der Waals surface area (Å²) in [5.41, 5.74) is 2.86. The van der Waals surface area contributed by atoms with E-state index in [9.17, 15) is 9.90 Å². The number of benzene rings is 1. The van der Waals surface area contributed by atoms with E-state index in [1.807, 2.05) is 0 Å². The maximum atomic E-state index is 12.2. The molecule has 1 atom stereocenters. The summed E-state index contributed by atoms with van der Waals surface area (Å²) in [7, 11) is 0. The minimum absolute atomic E-state index is 0.103. The molecule has 4 nitrogen and oxygen atoms in total. The standard InChI is InChI=1S/C20H30N2O2/c1-15-4-2-3-5-19(15)17-10-12-22(14-17)13-11-21-20(24)16-6-8-18(23)9-7-16/h2-5,16-18,23H,6-14H2,1H3,(H,21,24). The molecule has 4 heteroatoms. The Kier molecular flexibility index (Phi) is 5.90. The van der Waals surface area contributed by atoms with Gasteiger partial charge in [-0.2, -0.15) is 0 Å². The molecule has 2 N–H and O–H groups in total. The van der Waals surface area contributed by atoms with Gasteiger partial charge in [-0.1, -0.05) is 24.3 Å². The van der Waals surface area contributed by atoms with Gasteiger partial charge in [0, 0.05) is 25.6 Å². The fourth-order valence-electron chi connectivity index (χ4n) is 4.15. The summed E-state index contributed by atoms with van der Waals surface area (Å²) in [6, 6.07) is 8.68. The molecule has 1 heterocycles. The average molecular weight is 330 g/mol. The average Bonchev–Trinajstić information content (AvgIpc) is 3.04. The molecule has 0 spiro atoms. The molecule has 1 amide bonds. The third-order valence-electron chi connectivity index (χ3n) is 5.70. The molecule has 24 heavy (non-hydrogen) atoms. The van der Waals surface area contributed by atoms with E-state index < -0.39 is 0 Å². The van der Waals surface area contributed by atoms with Crippen molar-refractivity contribution in [3.8, 4) is 0 Å². The van der Waals surface area contributed by atoms with Crippen LogP contribution in [0.15, 0.2) is 24.3 Å². The molecule has 3 rings (SSSR count). The lowest BCUT2D eigenvalue weighted by Crippen LogP contribution is -2.38. The zero-order valence-electron chi connectivity index (χ0n) is 14.7. The van der Waals surface area contributed by atoms with Gasteiger partial charge in [-0.15, -0.1) is 0 Å². The third-order valence-corrected chi connectivity index (χ3v) is 5.70. The highest BCUT2D eigenvalue weighted by molar-refractivity contribution is 5.78. The predicted octanol–water partition coefficient (Wildman–Crippen LogP) is 2.45. The number of rotatable bonds is 5. The van der Waals surface area contributed by atoms with Crippen molar-refractivity contribution in [1.82, 2.24) is 10.2 Å². The lowest BCUT2D eigenvalue weighted by atomic mass is 9.87. The lowest BCUT2D eigenvalue weighted by molar-refractivity contribution is -0.126. The Bertz CT molecular complexity index is 552. The highest BCUT2D eigenvalue weighted by Crippen LogP contribution is 2.29. The Balaban J connectivity index is 1.39. The van der Waals surface area contributed by atoms with Crippen LogP contribution in [0.25, 0.3) is 0 Å². The largest absolute Gasteiger partial charge is 0.393 e. The van der Waals surface area contributed by atoms with Crippen LogP contribution in [0.5, 0.6) is 0 Å². The summed E-state index contributed by atoms with van der Waals surface area (Å²) in [5, 5.41) is 12.6. The Hall–Kier alpha value is -1.39. The summed E-state index contributed by atoms with van der Waals surface area (Å²) in [6.07, 6.45) is 4.19. The van der Waals surface area contributed by atoms with Crippen molar-refractivity contribution in [1.29, 1.82) is 0 Å².